The Morgan fingerprint density at radius 1 is 0.969 bits per heavy atom. The van der Waals surface area contributed by atoms with Gasteiger partial charge < -0.3 is 20.5 Å². The molecule has 0 saturated heterocycles. The molecule has 3 N–H and O–H groups in total. The van der Waals surface area contributed by atoms with Crippen molar-refractivity contribution in [2.24, 2.45) is 0 Å². The third kappa shape index (κ3) is 7.41. The number of phenolic OH excluding ortho intramolecular Hbond substituents is 1. The molecule has 170 valence electrons. The largest absolute Gasteiger partial charge is 0.508 e. The topological polar surface area (TPSA) is 105 Å². The number of aromatic hydroxyl groups is 1. The Kier molecular flexibility index (Phi) is 8.66. The number of nitrogens with one attached hydrogen (secondary N) is 2. The maximum Gasteiger partial charge on any atom is 0.338 e. The number of amides is 2. The van der Waals surface area contributed by atoms with Gasteiger partial charge in [0.2, 0.25) is 11.8 Å². The fourth-order valence-corrected chi connectivity index (χ4v) is 3.74. The molecule has 1 atom stereocenters. The monoisotopic (exact) mass is 438 g/mol. The Labute approximate surface area is 188 Å². The number of hydrogen-bond acceptors (Lipinski definition) is 5. The average Bonchev–Trinajstić information content (AvgIpc) is 2.82. The second-order valence-corrected chi connectivity index (χ2v) is 8.09. The van der Waals surface area contributed by atoms with Gasteiger partial charge in [-0.1, -0.05) is 49.6 Å². The molecular weight excluding hydrogens is 408 g/mol. The van der Waals surface area contributed by atoms with Crippen LogP contribution in [0.25, 0.3) is 0 Å². The number of ether oxygens (including phenoxy) is 1. The van der Waals surface area contributed by atoms with Gasteiger partial charge >= 0.3 is 5.97 Å². The molecule has 0 unspecified atom stereocenters. The van der Waals surface area contributed by atoms with Crippen molar-refractivity contribution in [1.82, 2.24) is 10.6 Å². The number of rotatable bonds is 9. The summed E-state index contributed by atoms with van der Waals surface area (Å²) in [6, 6.07) is 14.3. The number of carbonyl (C=O) groups excluding carboxylic acids is 3. The second kappa shape index (κ2) is 11.9. The molecule has 0 bridgehead atoms. The quantitative estimate of drug-likeness (QED) is 0.522. The summed E-state index contributed by atoms with van der Waals surface area (Å²) in [6.07, 6.45) is 5.76. The minimum absolute atomic E-state index is 0.0810. The SMILES string of the molecule is O=C(CCc1ccc(O)cc1)N[C@@H](COC(=O)c1ccccc1)C(=O)NC1CCCCC1. The minimum atomic E-state index is -0.961. The summed E-state index contributed by atoms with van der Waals surface area (Å²) in [6.45, 7) is -0.239. The van der Waals surface area contributed by atoms with Crippen molar-refractivity contribution in [2.45, 2.75) is 57.0 Å². The fourth-order valence-electron chi connectivity index (χ4n) is 3.74. The van der Waals surface area contributed by atoms with E-state index in [9.17, 15) is 19.5 Å². The fraction of sp³-hybridized carbons (Fsp3) is 0.400. The molecule has 1 aliphatic carbocycles. The van der Waals surface area contributed by atoms with E-state index in [1.807, 2.05) is 0 Å². The number of benzene rings is 2. The van der Waals surface area contributed by atoms with Crippen molar-refractivity contribution in [2.75, 3.05) is 6.61 Å². The van der Waals surface area contributed by atoms with E-state index in [1.165, 1.54) is 6.42 Å². The smallest absolute Gasteiger partial charge is 0.338 e. The Hall–Kier alpha value is -3.35. The van der Waals surface area contributed by atoms with Crippen LogP contribution in [0, 0.1) is 0 Å². The lowest BCUT2D eigenvalue weighted by Gasteiger charge is -2.26. The predicted molar refractivity (Wildman–Crippen MR) is 120 cm³/mol. The van der Waals surface area contributed by atoms with Crippen molar-refractivity contribution in [3.05, 3.63) is 65.7 Å². The number of phenols is 1. The van der Waals surface area contributed by atoms with E-state index in [0.717, 1.165) is 31.2 Å². The molecule has 1 saturated carbocycles. The molecule has 0 radical (unpaired) electrons. The first kappa shape index (κ1) is 23.3. The van der Waals surface area contributed by atoms with Gasteiger partial charge in [0.05, 0.1) is 5.56 Å². The van der Waals surface area contributed by atoms with Crippen molar-refractivity contribution < 1.29 is 24.2 Å². The van der Waals surface area contributed by atoms with E-state index >= 15 is 0 Å². The molecule has 1 aliphatic rings. The van der Waals surface area contributed by atoms with Crippen LogP contribution in [0.5, 0.6) is 5.75 Å². The molecule has 7 heteroatoms. The Morgan fingerprint density at radius 2 is 1.66 bits per heavy atom. The van der Waals surface area contributed by atoms with Crippen LogP contribution in [0.2, 0.25) is 0 Å². The summed E-state index contributed by atoms with van der Waals surface area (Å²) in [5.74, 6) is -1.02. The summed E-state index contributed by atoms with van der Waals surface area (Å²) < 4.78 is 5.34. The van der Waals surface area contributed by atoms with Gasteiger partial charge in [-0.3, -0.25) is 9.59 Å². The first-order valence-electron chi connectivity index (χ1n) is 11.1. The highest BCUT2D eigenvalue weighted by Gasteiger charge is 2.26. The Morgan fingerprint density at radius 3 is 2.34 bits per heavy atom. The van der Waals surface area contributed by atoms with Crippen molar-refractivity contribution in [3.8, 4) is 5.75 Å². The summed E-state index contributed by atoms with van der Waals surface area (Å²) >= 11 is 0. The normalized spacial score (nSPS) is 14.9. The summed E-state index contributed by atoms with van der Waals surface area (Å²) in [7, 11) is 0. The van der Waals surface area contributed by atoms with Crippen LogP contribution in [-0.2, 0) is 20.7 Å². The van der Waals surface area contributed by atoms with E-state index in [1.54, 1.807) is 54.6 Å². The highest BCUT2D eigenvalue weighted by Crippen LogP contribution is 2.17. The van der Waals surface area contributed by atoms with Crippen molar-refractivity contribution in [3.63, 3.8) is 0 Å². The Bertz CT molecular complexity index is 892. The molecule has 2 aromatic carbocycles. The molecule has 32 heavy (non-hydrogen) atoms. The first-order valence-corrected chi connectivity index (χ1v) is 11.1. The lowest BCUT2D eigenvalue weighted by atomic mass is 9.95. The predicted octanol–water partition coefficient (Wildman–Crippen LogP) is 3.12. The van der Waals surface area contributed by atoms with Gasteiger partial charge in [0.1, 0.15) is 18.4 Å². The molecule has 0 spiro atoms. The number of esters is 1. The third-order valence-electron chi connectivity index (χ3n) is 5.57. The molecular formula is C25H30N2O5. The molecule has 3 rings (SSSR count). The van der Waals surface area contributed by atoms with E-state index < -0.39 is 12.0 Å². The van der Waals surface area contributed by atoms with Gasteiger partial charge in [0.25, 0.3) is 0 Å². The van der Waals surface area contributed by atoms with Crippen LogP contribution >= 0.6 is 0 Å². The van der Waals surface area contributed by atoms with Gasteiger partial charge in [0, 0.05) is 12.5 Å². The van der Waals surface area contributed by atoms with E-state index in [2.05, 4.69) is 10.6 Å². The zero-order valence-corrected chi connectivity index (χ0v) is 18.1. The van der Waals surface area contributed by atoms with Crippen LogP contribution in [0.1, 0.15) is 54.4 Å². The van der Waals surface area contributed by atoms with Crippen LogP contribution in [0.3, 0.4) is 0 Å². The maximum absolute atomic E-state index is 12.9. The number of hydrogen-bond donors (Lipinski definition) is 3. The standard InChI is InChI=1S/C25H30N2O5/c28-21-14-11-18(12-15-21)13-16-23(29)27-22(24(30)26-20-9-5-2-6-10-20)17-32-25(31)19-7-3-1-4-8-19/h1,3-4,7-8,11-12,14-15,20,22,28H,2,5-6,9-10,13,16-17H2,(H,26,30)(H,27,29)/t22-/m0/s1. The molecule has 2 amide bonds. The molecule has 2 aromatic rings. The third-order valence-corrected chi connectivity index (χ3v) is 5.57. The zero-order chi connectivity index (χ0) is 22.8. The summed E-state index contributed by atoms with van der Waals surface area (Å²) in [4.78, 5) is 37.7. The lowest BCUT2D eigenvalue weighted by Crippen LogP contribution is -2.52. The molecule has 7 nitrogen and oxygen atoms in total. The van der Waals surface area contributed by atoms with Crippen LogP contribution in [0.4, 0.5) is 0 Å². The summed E-state index contributed by atoms with van der Waals surface area (Å²) in [5.41, 5.74) is 1.29. The van der Waals surface area contributed by atoms with Crippen molar-refractivity contribution in [1.29, 1.82) is 0 Å². The van der Waals surface area contributed by atoms with Crippen molar-refractivity contribution >= 4 is 17.8 Å². The van der Waals surface area contributed by atoms with Gasteiger partial charge in [-0.25, -0.2) is 4.79 Å². The maximum atomic E-state index is 12.9. The molecule has 0 heterocycles. The number of aryl methyl sites for hydroxylation is 1. The molecule has 0 aliphatic heterocycles. The highest BCUT2D eigenvalue weighted by molar-refractivity contribution is 5.91. The van der Waals surface area contributed by atoms with E-state index in [4.69, 9.17) is 4.74 Å². The highest BCUT2D eigenvalue weighted by atomic mass is 16.5. The van der Waals surface area contributed by atoms with Gasteiger partial charge in [0.15, 0.2) is 0 Å². The minimum Gasteiger partial charge on any atom is -0.508 e. The van der Waals surface area contributed by atoms with Crippen LogP contribution in [-0.4, -0.2) is 41.6 Å². The lowest BCUT2D eigenvalue weighted by molar-refractivity contribution is -0.130. The van der Waals surface area contributed by atoms with E-state index in [-0.39, 0.29) is 36.6 Å². The van der Waals surface area contributed by atoms with Gasteiger partial charge in [-0.15, -0.1) is 0 Å². The summed E-state index contributed by atoms with van der Waals surface area (Å²) in [5, 5.41) is 15.1. The van der Waals surface area contributed by atoms with Gasteiger partial charge in [-0.2, -0.15) is 0 Å². The average molecular weight is 439 g/mol. The van der Waals surface area contributed by atoms with Crippen LogP contribution in [0.15, 0.2) is 54.6 Å². The van der Waals surface area contributed by atoms with Gasteiger partial charge in [-0.05, 0) is 49.1 Å². The molecule has 1 fully saturated rings. The molecule has 0 aromatic heterocycles. The zero-order valence-electron chi connectivity index (χ0n) is 18.1. The van der Waals surface area contributed by atoms with Crippen LogP contribution < -0.4 is 10.6 Å². The first-order chi connectivity index (χ1) is 15.5. The Balaban J connectivity index is 1.57. The number of carbonyl (C=O) groups is 3. The second-order valence-electron chi connectivity index (χ2n) is 8.09. The van der Waals surface area contributed by atoms with E-state index in [0.29, 0.717) is 12.0 Å².